The van der Waals surface area contributed by atoms with Crippen molar-refractivity contribution in [3.05, 3.63) is 25.0 Å². The molecule has 0 fully saturated rings. The molecule has 0 aliphatic rings. The van der Waals surface area contributed by atoms with Gasteiger partial charge in [-0.3, -0.25) is 23.2 Å². The molecule has 2 rings (SSSR count). The van der Waals surface area contributed by atoms with Gasteiger partial charge in [0.05, 0.1) is 31.2 Å². The molecule has 0 bridgehead atoms. The van der Waals surface area contributed by atoms with Crippen molar-refractivity contribution >= 4 is 49.1 Å². The molecule has 0 radical (unpaired) electrons. The van der Waals surface area contributed by atoms with E-state index in [0.29, 0.717) is 17.2 Å². The Morgan fingerprint density at radius 3 is 2.35 bits per heavy atom. The van der Waals surface area contributed by atoms with Gasteiger partial charge in [-0.05, 0) is 26.7 Å². The van der Waals surface area contributed by atoms with Gasteiger partial charge in [0.25, 0.3) is 6.47 Å². The van der Waals surface area contributed by atoms with Gasteiger partial charge in [-0.15, -0.1) is 0 Å². The van der Waals surface area contributed by atoms with Crippen LogP contribution in [0.25, 0.3) is 11.2 Å². The number of hydrogen-bond donors (Lipinski definition) is 2. The Labute approximate surface area is 246 Å². The van der Waals surface area contributed by atoms with Crippen LogP contribution in [0.4, 0.5) is 10.6 Å². The molecule has 2 aromatic heterocycles. The highest BCUT2D eigenvalue weighted by Gasteiger charge is 2.28. The summed E-state index contributed by atoms with van der Waals surface area (Å²) < 4.78 is 49.2. The lowest BCUT2D eigenvalue weighted by Gasteiger charge is -2.21. The van der Waals surface area contributed by atoms with Gasteiger partial charge in [-0.25, -0.2) is 24.5 Å². The van der Waals surface area contributed by atoms with Crippen molar-refractivity contribution in [1.82, 2.24) is 19.5 Å². The number of carbonyl (C=O) groups is 4. The number of fused-ring (bicyclic) bond motifs is 1. The first kappa shape index (κ1) is 36.9. The summed E-state index contributed by atoms with van der Waals surface area (Å²) in [5, 5.41) is 7.86. The monoisotopic (exact) mass is 633 g/mol. The lowest BCUT2D eigenvalue weighted by atomic mass is 10.1. The second-order valence-corrected chi connectivity index (χ2v) is 11.1. The van der Waals surface area contributed by atoms with Gasteiger partial charge in [-0.2, -0.15) is 0 Å². The van der Waals surface area contributed by atoms with Gasteiger partial charge < -0.3 is 39.1 Å². The Morgan fingerprint density at radius 1 is 1.07 bits per heavy atom. The standard InChI is InChI=1S/C20H32N5O9P.C4H4O4/c1-13(2)6-16(26)29-10-32-35(28,33-11-30-20(27)34-14(3)4)12-31-15(5)7-25-9-24-17-18(21)22-8-23-19(17)25;5-3-8-2-1-4(6)7/h8-9,13-15H,6-7,10-12H2,1-5H3,(H2,21,22,23);1-3H,(H,6,7)/b;2-1+/t15-,35?;/m1./s1. The Bertz CT molecular complexity index is 1240. The summed E-state index contributed by atoms with van der Waals surface area (Å²) >= 11 is 0. The van der Waals surface area contributed by atoms with Crippen molar-refractivity contribution in [2.75, 3.05) is 25.7 Å². The number of carboxylic acid groups (broad SMARTS) is 1. The number of hydrogen-bond acceptors (Lipinski definition) is 16. The van der Waals surface area contributed by atoms with Crippen LogP contribution in [-0.4, -0.2) is 81.3 Å². The van der Waals surface area contributed by atoms with Crippen molar-refractivity contribution in [2.45, 2.75) is 59.8 Å². The second-order valence-electron chi connectivity index (χ2n) is 9.09. The average molecular weight is 634 g/mol. The van der Waals surface area contributed by atoms with E-state index in [-0.39, 0.29) is 31.2 Å². The predicted molar refractivity (Wildman–Crippen MR) is 147 cm³/mol. The highest BCUT2D eigenvalue weighted by atomic mass is 31.2. The highest BCUT2D eigenvalue weighted by molar-refractivity contribution is 7.53. The van der Waals surface area contributed by atoms with E-state index >= 15 is 0 Å². The van der Waals surface area contributed by atoms with Gasteiger partial charge in [0.2, 0.25) is 13.6 Å². The Hall–Kier alpha value is -4.12. The zero-order chi connectivity index (χ0) is 32.4. The van der Waals surface area contributed by atoms with Gasteiger partial charge in [-0.1, -0.05) is 13.8 Å². The van der Waals surface area contributed by atoms with Crippen LogP contribution in [0.3, 0.4) is 0 Å². The van der Waals surface area contributed by atoms with Crippen molar-refractivity contribution in [3.8, 4) is 0 Å². The minimum atomic E-state index is -4.00. The molecule has 0 spiro atoms. The number of carboxylic acids is 1. The number of rotatable bonds is 17. The van der Waals surface area contributed by atoms with Crippen LogP contribution in [0.15, 0.2) is 25.0 Å². The highest BCUT2D eigenvalue weighted by Crippen LogP contribution is 2.48. The third-order valence-electron chi connectivity index (χ3n) is 4.55. The molecule has 18 nitrogen and oxygen atoms in total. The molecule has 2 aromatic rings. The molecular formula is C24H36N5O13P. The first-order valence-electron chi connectivity index (χ1n) is 12.6. The molecule has 0 aliphatic heterocycles. The fourth-order valence-electron chi connectivity index (χ4n) is 2.77. The minimum Gasteiger partial charge on any atom is -0.478 e. The van der Waals surface area contributed by atoms with E-state index in [2.05, 4.69) is 19.7 Å². The quantitative estimate of drug-likeness (QED) is 0.0484. The second kappa shape index (κ2) is 19.1. The fourth-order valence-corrected chi connectivity index (χ4v) is 3.86. The molecule has 1 unspecified atom stereocenters. The van der Waals surface area contributed by atoms with Crippen LogP contribution in [-0.2, 0) is 58.2 Å². The van der Waals surface area contributed by atoms with Crippen LogP contribution in [0, 0.1) is 5.92 Å². The van der Waals surface area contributed by atoms with Gasteiger partial charge in [0.15, 0.2) is 11.5 Å². The smallest absolute Gasteiger partial charge is 0.478 e. The molecule has 3 N–H and O–H groups in total. The fraction of sp³-hybridized carbons (Fsp3) is 0.542. The summed E-state index contributed by atoms with van der Waals surface area (Å²) in [6, 6.07) is 0. The number of imidazole rings is 1. The molecular weight excluding hydrogens is 597 g/mol. The van der Waals surface area contributed by atoms with Crippen LogP contribution in [0.2, 0.25) is 0 Å². The molecule has 2 atom stereocenters. The van der Waals surface area contributed by atoms with Crippen molar-refractivity contribution < 1.29 is 61.6 Å². The SMILES string of the molecule is CC(C)CC(=O)OCOP(=O)(CO[C@H](C)Cn1cnc2c(N)ncnc21)OCOC(=O)OC(C)C.O=CO/C=C/C(=O)O. The maximum atomic E-state index is 13.1. The third-order valence-corrected chi connectivity index (χ3v) is 6.01. The van der Waals surface area contributed by atoms with E-state index in [1.54, 1.807) is 25.3 Å². The summed E-state index contributed by atoms with van der Waals surface area (Å²) in [4.78, 5) is 54.4. The third kappa shape index (κ3) is 15.6. The number of esters is 1. The van der Waals surface area contributed by atoms with Crippen LogP contribution < -0.4 is 5.73 Å². The van der Waals surface area contributed by atoms with Crippen LogP contribution in [0.5, 0.6) is 0 Å². The number of aromatic nitrogens is 4. The maximum absolute atomic E-state index is 13.1. The largest absolute Gasteiger partial charge is 0.510 e. The van der Waals surface area contributed by atoms with E-state index in [0.717, 1.165) is 6.26 Å². The lowest BCUT2D eigenvalue weighted by Crippen LogP contribution is -2.20. The Morgan fingerprint density at radius 2 is 1.74 bits per heavy atom. The van der Waals surface area contributed by atoms with E-state index < -0.39 is 57.8 Å². The van der Waals surface area contributed by atoms with E-state index in [4.69, 9.17) is 38.8 Å². The summed E-state index contributed by atoms with van der Waals surface area (Å²) in [5.74, 6) is -1.34. The summed E-state index contributed by atoms with van der Waals surface area (Å²) in [7, 11) is -4.00. The molecule has 0 saturated heterocycles. The normalized spacial score (nSPS) is 13.2. The Kier molecular flexibility index (Phi) is 16.4. The number of ether oxygens (including phenoxy) is 5. The van der Waals surface area contributed by atoms with Crippen LogP contribution >= 0.6 is 7.60 Å². The van der Waals surface area contributed by atoms with E-state index in [9.17, 15) is 23.7 Å². The number of nitrogens with two attached hydrogens (primary N) is 1. The van der Waals surface area contributed by atoms with Gasteiger partial charge in [0.1, 0.15) is 24.5 Å². The zero-order valence-corrected chi connectivity index (χ0v) is 25.2. The van der Waals surface area contributed by atoms with Gasteiger partial charge >= 0.3 is 25.7 Å². The molecule has 240 valence electrons. The predicted octanol–water partition coefficient (Wildman–Crippen LogP) is 2.82. The number of anilines is 1. The number of aliphatic carboxylic acids is 1. The van der Waals surface area contributed by atoms with E-state index in [1.807, 2.05) is 13.8 Å². The molecule has 0 amide bonds. The van der Waals surface area contributed by atoms with Crippen molar-refractivity contribution in [1.29, 1.82) is 0 Å². The number of carbonyl (C=O) groups excluding carboxylic acids is 3. The average Bonchev–Trinajstić information content (AvgIpc) is 3.31. The lowest BCUT2D eigenvalue weighted by molar-refractivity contribution is -0.151. The number of nitrogen functional groups attached to an aromatic ring is 1. The van der Waals surface area contributed by atoms with Crippen LogP contribution in [0.1, 0.15) is 41.0 Å². The first-order chi connectivity index (χ1) is 20.3. The number of nitrogens with zero attached hydrogens (tertiary/aromatic N) is 4. The Balaban J connectivity index is 0.00000101. The molecule has 43 heavy (non-hydrogen) atoms. The summed E-state index contributed by atoms with van der Waals surface area (Å²) in [5.41, 5.74) is 6.76. The summed E-state index contributed by atoms with van der Waals surface area (Å²) in [6.45, 7) is 7.78. The summed E-state index contributed by atoms with van der Waals surface area (Å²) in [6.07, 6.45) is 2.10. The van der Waals surface area contributed by atoms with Crippen molar-refractivity contribution in [3.63, 3.8) is 0 Å². The first-order valence-corrected chi connectivity index (χ1v) is 14.4. The molecule has 0 aromatic carbocycles. The molecule has 0 aliphatic carbocycles. The van der Waals surface area contributed by atoms with E-state index in [1.165, 1.54) is 12.7 Å². The molecule has 19 heteroatoms. The topological polar surface area (TPSA) is 240 Å². The van der Waals surface area contributed by atoms with Crippen molar-refractivity contribution in [2.24, 2.45) is 5.92 Å². The zero-order valence-electron chi connectivity index (χ0n) is 24.3. The van der Waals surface area contributed by atoms with Gasteiger partial charge in [0, 0.05) is 6.42 Å². The maximum Gasteiger partial charge on any atom is 0.510 e. The molecule has 2 heterocycles. The minimum absolute atomic E-state index is 0.0787. The molecule has 0 saturated carbocycles.